The van der Waals surface area contributed by atoms with Gasteiger partial charge in [0.25, 0.3) is 11.8 Å². The number of fused-ring (bicyclic) bond motifs is 1. The fourth-order valence-electron chi connectivity index (χ4n) is 5.42. The predicted octanol–water partition coefficient (Wildman–Crippen LogP) is 2.00. The van der Waals surface area contributed by atoms with Crippen LogP contribution in [0, 0.1) is 5.92 Å². The van der Waals surface area contributed by atoms with E-state index in [4.69, 9.17) is 0 Å². The second kappa shape index (κ2) is 11.4. The van der Waals surface area contributed by atoms with Crippen LogP contribution in [0.4, 0.5) is 5.69 Å². The van der Waals surface area contributed by atoms with Crippen molar-refractivity contribution in [2.24, 2.45) is 5.92 Å². The Balaban J connectivity index is 1.53. The van der Waals surface area contributed by atoms with Gasteiger partial charge < -0.3 is 20.0 Å². The lowest BCUT2D eigenvalue weighted by Crippen LogP contribution is -2.53. The fraction of sp³-hybridized carbons (Fsp3) is 0.448. The topological polar surface area (TPSA) is 124 Å². The van der Waals surface area contributed by atoms with E-state index in [0.717, 1.165) is 11.9 Å². The van der Waals surface area contributed by atoms with E-state index in [2.05, 4.69) is 5.32 Å². The molecule has 10 nitrogen and oxygen atoms in total. The van der Waals surface area contributed by atoms with Crippen LogP contribution < -0.4 is 10.2 Å². The van der Waals surface area contributed by atoms with E-state index in [9.17, 15) is 27.6 Å². The van der Waals surface area contributed by atoms with Crippen molar-refractivity contribution in [3.05, 3.63) is 59.7 Å². The summed E-state index contributed by atoms with van der Waals surface area (Å²) >= 11 is 0. The van der Waals surface area contributed by atoms with Crippen LogP contribution in [0.5, 0.6) is 0 Å². The summed E-state index contributed by atoms with van der Waals surface area (Å²) in [5.41, 5.74) is 1.45. The summed E-state index contributed by atoms with van der Waals surface area (Å²) < 4.78 is 24.0. The molecule has 1 unspecified atom stereocenters. The molecule has 0 bridgehead atoms. The third kappa shape index (κ3) is 6.04. The molecule has 2 saturated heterocycles. The first-order valence-corrected chi connectivity index (χ1v) is 15.2. The molecule has 0 saturated carbocycles. The highest BCUT2D eigenvalue weighted by Gasteiger charge is 2.52. The summed E-state index contributed by atoms with van der Waals surface area (Å²) in [6.07, 6.45) is 1.87. The first kappa shape index (κ1) is 29.3. The molecule has 2 aliphatic heterocycles. The monoisotopic (exact) mass is 568 g/mol. The summed E-state index contributed by atoms with van der Waals surface area (Å²) in [5.74, 6) is -1.33. The SMILES string of the molecule is CC(C)C[C@H](NC(=O)c1cccc(N(C)C)c1)C(=O)N1CC[C@@H]2C1C(=O)CN2C(=O)c1cccc(S(C)(=O)=O)c1. The van der Waals surface area contributed by atoms with Gasteiger partial charge in [-0.1, -0.05) is 26.0 Å². The number of nitrogens with one attached hydrogen (secondary N) is 1. The van der Waals surface area contributed by atoms with Crippen molar-refractivity contribution in [1.29, 1.82) is 0 Å². The van der Waals surface area contributed by atoms with E-state index in [-0.39, 0.29) is 47.1 Å². The Kier molecular flexibility index (Phi) is 8.34. The number of Topliss-reactive ketones (excluding diaryl/α,β-unsaturated/α-hetero) is 1. The van der Waals surface area contributed by atoms with Crippen LogP contribution in [0.3, 0.4) is 0 Å². The lowest BCUT2D eigenvalue weighted by molar-refractivity contribution is -0.138. The molecule has 0 aliphatic carbocycles. The minimum atomic E-state index is -3.51. The van der Waals surface area contributed by atoms with Crippen LogP contribution in [0.25, 0.3) is 0 Å². The summed E-state index contributed by atoms with van der Waals surface area (Å²) in [6.45, 7) is 4.02. The van der Waals surface area contributed by atoms with Crippen molar-refractivity contribution in [3.63, 3.8) is 0 Å². The maximum atomic E-state index is 13.8. The Labute approximate surface area is 235 Å². The van der Waals surface area contributed by atoms with Crippen molar-refractivity contribution in [2.75, 3.05) is 38.3 Å². The van der Waals surface area contributed by atoms with Crippen LogP contribution >= 0.6 is 0 Å². The maximum Gasteiger partial charge on any atom is 0.254 e. The Morgan fingerprint density at radius 3 is 2.35 bits per heavy atom. The second-order valence-corrected chi connectivity index (χ2v) is 13.1. The van der Waals surface area contributed by atoms with Crippen LogP contribution in [0.2, 0.25) is 0 Å². The molecule has 3 atom stereocenters. The van der Waals surface area contributed by atoms with Gasteiger partial charge in [-0.3, -0.25) is 19.2 Å². The van der Waals surface area contributed by atoms with Crippen LogP contribution in [-0.4, -0.2) is 93.3 Å². The van der Waals surface area contributed by atoms with Crippen molar-refractivity contribution in [2.45, 2.75) is 49.7 Å². The number of ketones is 1. The zero-order valence-electron chi connectivity index (χ0n) is 23.5. The lowest BCUT2D eigenvalue weighted by Gasteiger charge is -2.29. The van der Waals surface area contributed by atoms with E-state index in [1.54, 1.807) is 18.2 Å². The number of carbonyl (C=O) groups is 4. The molecular weight excluding hydrogens is 532 g/mol. The molecule has 4 rings (SSSR count). The molecular formula is C29H36N4O6S. The molecule has 40 heavy (non-hydrogen) atoms. The zero-order valence-corrected chi connectivity index (χ0v) is 24.3. The van der Waals surface area contributed by atoms with Gasteiger partial charge in [-0.2, -0.15) is 0 Å². The van der Waals surface area contributed by atoms with E-state index >= 15 is 0 Å². The normalized spacial score (nSPS) is 19.5. The number of sulfone groups is 1. The number of likely N-dealkylation sites (tertiary alicyclic amines) is 2. The van der Waals surface area contributed by atoms with Crippen molar-refractivity contribution in [3.8, 4) is 0 Å². The van der Waals surface area contributed by atoms with Crippen LogP contribution in [-0.2, 0) is 19.4 Å². The largest absolute Gasteiger partial charge is 0.378 e. The van der Waals surface area contributed by atoms with Gasteiger partial charge in [0.1, 0.15) is 12.1 Å². The summed E-state index contributed by atoms with van der Waals surface area (Å²) in [4.78, 5) is 58.3. The minimum absolute atomic E-state index is 0.0204. The smallest absolute Gasteiger partial charge is 0.254 e. The number of amides is 3. The van der Waals surface area contributed by atoms with E-state index in [0.29, 0.717) is 18.4 Å². The highest BCUT2D eigenvalue weighted by atomic mass is 32.2. The molecule has 0 aromatic heterocycles. The summed E-state index contributed by atoms with van der Waals surface area (Å²) in [6, 6.07) is 10.7. The Hall–Kier alpha value is -3.73. The lowest BCUT2D eigenvalue weighted by atomic mass is 10.0. The minimum Gasteiger partial charge on any atom is -0.378 e. The number of hydrogen-bond donors (Lipinski definition) is 1. The molecule has 2 heterocycles. The molecule has 2 fully saturated rings. The Bertz CT molecular complexity index is 1440. The van der Waals surface area contributed by atoms with E-state index in [1.165, 1.54) is 34.1 Å². The Morgan fingerprint density at radius 1 is 1.02 bits per heavy atom. The van der Waals surface area contributed by atoms with Gasteiger partial charge in [-0.25, -0.2) is 8.42 Å². The van der Waals surface area contributed by atoms with Crippen molar-refractivity contribution >= 4 is 39.0 Å². The molecule has 1 N–H and O–H groups in total. The molecule has 11 heteroatoms. The number of hydrogen-bond acceptors (Lipinski definition) is 7. The molecule has 2 aliphatic rings. The third-order valence-corrected chi connectivity index (χ3v) is 8.52. The van der Waals surface area contributed by atoms with Gasteiger partial charge in [-0.05, 0) is 55.2 Å². The second-order valence-electron chi connectivity index (χ2n) is 11.1. The first-order valence-electron chi connectivity index (χ1n) is 13.3. The molecule has 3 amide bonds. The number of benzene rings is 2. The average molecular weight is 569 g/mol. The van der Waals surface area contributed by atoms with Crippen molar-refractivity contribution in [1.82, 2.24) is 15.1 Å². The van der Waals surface area contributed by atoms with Gasteiger partial charge in [-0.15, -0.1) is 0 Å². The highest BCUT2D eigenvalue weighted by molar-refractivity contribution is 7.90. The number of carbonyl (C=O) groups excluding carboxylic acids is 4. The van der Waals surface area contributed by atoms with Gasteiger partial charge in [0.2, 0.25) is 5.91 Å². The number of rotatable bonds is 8. The maximum absolute atomic E-state index is 13.8. The summed E-state index contributed by atoms with van der Waals surface area (Å²) in [7, 11) is 0.237. The quantitative estimate of drug-likeness (QED) is 0.517. The third-order valence-electron chi connectivity index (χ3n) is 7.41. The van der Waals surface area contributed by atoms with E-state index in [1.807, 2.05) is 38.9 Å². The zero-order chi connectivity index (χ0) is 29.4. The van der Waals surface area contributed by atoms with Crippen LogP contribution in [0.15, 0.2) is 53.4 Å². The molecule has 2 aromatic carbocycles. The molecule has 0 radical (unpaired) electrons. The highest BCUT2D eigenvalue weighted by Crippen LogP contribution is 2.32. The molecule has 214 valence electrons. The fourth-order valence-corrected chi connectivity index (χ4v) is 6.09. The first-order chi connectivity index (χ1) is 18.8. The number of nitrogens with zero attached hydrogens (tertiary/aromatic N) is 3. The van der Waals surface area contributed by atoms with Crippen molar-refractivity contribution < 1.29 is 27.6 Å². The van der Waals surface area contributed by atoms with E-state index < -0.39 is 33.9 Å². The predicted molar refractivity (Wildman–Crippen MR) is 151 cm³/mol. The van der Waals surface area contributed by atoms with Gasteiger partial charge in [0, 0.05) is 43.7 Å². The molecule has 2 aromatic rings. The average Bonchev–Trinajstić information content (AvgIpc) is 3.48. The number of anilines is 1. The summed E-state index contributed by atoms with van der Waals surface area (Å²) in [5, 5.41) is 2.88. The molecule has 0 spiro atoms. The van der Waals surface area contributed by atoms with Gasteiger partial charge in [0.15, 0.2) is 15.6 Å². The Morgan fingerprint density at radius 2 is 1.70 bits per heavy atom. The van der Waals surface area contributed by atoms with Gasteiger partial charge >= 0.3 is 0 Å². The van der Waals surface area contributed by atoms with Gasteiger partial charge in [0.05, 0.1) is 17.5 Å². The standard InChI is InChI=1S/C29H36N4O6S/c1-18(2)14-23(30-27(35)19-8-6-10-21(15-19)31(3)4)29(37)32-13-12-24-26(32)25(34)17-33(24)28(36)20-9-7-11-22(16-20)40(5,38)39/h6-11,15-16,18,23-24,26H,12-14,17H2,1-5H3,(H,30,35)/t23-,24+,26?/m0/s1. The van der Waals surface area contributed by atoms with Crippen LogP contribution in [0.1, 0.15) is 47.4 Å².